The van der Waals surface area contributed by atoms with Crippen LogP contribution in [0, 0.1) is 7.14 Å². The van der Waals surface area contributed by atoms with Gasteiger partial charge in [-0.2, -0.15) is 0 Å². The molecule has 6 heteroatoms. The predicted molar refractivity (Wildman–Crippen MR) is 100 cm³/mol. The first-order valence-electron chi connectivity index (χ1n) is 7.08. The number of carbonyl (C=O) groups excluding carboxylic acids is 1. The van der Waals surface area contributed by atoms with Crippen molar-refractivity contribution in [1.82, 2.24) is 9.80 Å². The van der Waals surface area contributed by atoms with E-state index < -0.39 is 0 Å². The van der Waals surface area contributed by atoms with Crippen molar-refractivity contribution in [2.24, 2.45) is 0 Å². The van der Waals surface area contributed by atoms with E-state index in [-0.39, 0.29) is 5.91 Å². The van der Waals surface area contributed by atoms with E-state index in [1.54, 1.807) is 6.92 Å². The van der Waals surface area contributed by atoms with Crippen molar-refractivity contribution in [1.29, 1.82) is 0 Å². The molecule has 1 unspecified atom stereocenters. The molecule has 116 valence electrons. The summed E-state index contributed by atoms with van der Waals surface area (Å²) >= 11 is 4.44. The molecule has 1 aliphatic rings. The largest absolute Gasteiger partial charge is 0.507 e. The lowest BCUT2D eigenvalue weighted by Gasteiger charge is -2.26. The highest BCUT2D eigenvalue weighted by atomic mass is 127. The molecule has 1 amide bonds. The number of likely N-dealkylation sites (N-methyl/N-ethyl adjacent to an activating group) is 1. The van der Waals surface area contributed by atoms with Gasteiger partial charge in [0.2, 0.25) is 5.91 Å². The van der Waals surface area contributed by atoms with Crippen LogP contribution in [0.2, 0.25) is 0 Å². The van der Waals surface area contributed by atoms with Crippen LogP contribution in [-0.2, 0) is 11.3 Å². The molecular formula is C15H20I2N2O2. The molecule has 0 saturated carbocycles. The van der Waals surface area contributed by atoms with Gasteiger partial charge < -0.3 is 10.0 Å². The summed E-state index contributed by atoms with van der Waals surface area (Å²) in [5.74, 6) is 0.536. The molecule has 0 radical (unpaired) electrons. The second kappa shape index (κ2) is 7.45. The standard InChI is InChI=1S/C15H20I2N2O2/c1-3-19(10(2)20)13-4-5-18(9-13)8-11-6-12(16)7-14(17)15(11)21/h6-7,13,21H,3-5,8-9H2,1-2H3. The Morgan fingerprint density at radius 2 is 2.19 bits per heavy atom. The number of aromatic hydroxyl groups is 1. The maximum absolute atomic E-state index is 11.6. The van der Waals surface area contributed by atoms with Crippen molar-refractivity contribution in [3.05, 3.63) is 24.8 Å². The third kappa shape index (κ3) is 4.22. The number of rotatable bonds is 4. The molecule has 0 aliphatic carbocycles. The minimum absolute atomic E-state index is 0.149. The summed E-state index contributed by atoms with van der Waals surface area (Å²) in [6, 6.07) is 4.31. The van der Waals surface area contributed by atoms with Crippen molar-refractivity contribution in [3.8, 4) is 5.75 Å². The van der Waals surface area contributed by atoms with Crippen molar-refractivity contribution < 1.29 is 9.90 Å². The van der Waals surface area contributed by atoms with Gasteiger partial charge in [0.1, 0.15) is 5.75 Å². The molecule has 1 aromatic carbocycles. The number of phenols is 1. The molecule has 1 atom stereocenters. The van der Waals surface area contributed by atoms with Crippen LogP contribution < -0.4 is 0 Å². The highest BCUT2D eigenvalue weighted by Gasteiger charge is 2.28. The van der Waals surface area contributed by atoms with Crippen LogP contribution in [0.1, 0.15) is 25.8 Å². The molecule has 2 rings (SSSR count). The molecule has 0 aromatic heterocycles. The molecule has 1 aromatic rings. The Morgan fingerprint density at radius 1 is 1.48 bits per heavy atom. The van der Waals surface area contributed by atoms with E-state index in [1.165, 1.54) is 0 Å². The summed E-state index contributed by atoms with van der Waals surface area (Å²) in [5.41, 5.74) is 0.970. The fourth-order valence-corrected chi connectivity index (χ4v) is 4.89. The van der Waals surface area contributed by atoms with Gasteiger partial charge in [0.05, 0.1) is 3.57 Å². The fourth-order valence-electron chi connectivity index (χ4n) is 2.93. The Morgan fingerprint density at radius 3 is 2.81 bits per heavy atom. The molecule has 0 spiro atoms. The summed E-state index contributed by atoms with van der Waals surface area (Å²) in [7, 11) is 0. The van der Waals surface area contributed by atoms with Gasteiger partial charge in [0.15, 0.2) is 0 Å². The van der Waals surface area contributed by atoms with E-state index in [9.17, 15) is 9.90 Å². The van der Waals surface area contributed by atoms with Gasteiger partial charge in [0.25, 0.3) is 0 Å². The number of phenolic OH excluding ortho intramolecular Hbond substituents is 1. The van der Waals surface area contributed by atoms with Crippen LogP contribution in [0.4, 0.5) is 0 Å². The first kappa shape index (κ1) is 17.3. The SMILES string of the molecule is CCN(C(C)=O)C1CCN(Cc2cc(I)cc(I)c2O)C1. The molecule has 4 nitrogen and oxygen atoms in total. The van der Waals surface area contributed by atoms with E-state index in [2.05, 4.69) is 50.1 Å². The average molecular weight is 514 g/mol. The number of amides is 1. The molecule has 1 aliphatic heterocycles. The number of benzene rings is 1. The van der Waals surface area contributed by atoms with Crippen molar-refractivity contribution in [2.45, 2.75) is 32.9 Å². The van der Waals surface area contributed by atoms with E-state index in [4.69, 9.17) is 0 Å². The Hall–Kier alpha value is -0.0900. The number of carbonyl (C=O) groups is 1. The average Bonchev–Trinajstić information content (AvgIpc) is 2.84. The minimum Gasteiger partial charge on any atom is -0.507 e. The number of likely N-dealkylation sites (tertiary alicyclic amines) is 1. The zero-order valence-electron chi connectivity index (χ0n) is 12.3. The lowest BCUT2D eigenvalue weighted by molar-refractivity contribution is -0.130. The summed E-state index contributed by atoms with van der Waals surface area (Å²) in [6.07, 6.45) is 1.01. The number of halogens is 2. The molecule has 21 heavy (non-hydrogen) atoms. The first-order chi connectivity index (χ1) is 9.92. The zero-order chi connectivity index (χ0) is 15.6. The van der Waals surface area contributed by atoms with Crippen LogP contribution in [0.25, 0.3) is 0 Å². The number of nitrogens with zero attached hydrogens (tertiary/aromatic N) is 2. The lowest BCUT2D eigenvalue weighted by atomic mass is 10.2. The van der Waals surface area contributed by atoms with Crippen molar-refractivity contribution >= 4 is 51.1 Å². The second-order valence-electron chi connectivity index (χ2n) is 5.38. The normalized spacial score (nSPS) is 19.0. The van der Waals surface area contributed by atoms with Gasteiger partial charge in [-0.05, 0) is 70.7 Å². The van der Waals surface area contributed by atoms with Crippen LogP contribution in [0.5, 0.6) is 5.75 Å². The van der Waals surface area contributed by atoms with E-state index in [1.807, 2.05) is 24.0 Å². The Labute approximate surface area is 153 Å². The van der Waals surface area contributed by atoms with Gasteiger partial charge in [-0.25, -0.2) is 0 Å². The minimum atomic E-state index is 0.149. The Bertz CT molecular complexity index is 537. The maximum Gasteiger partial charge on any atom is 0.219 e. The summed E-state index contributed by atoms with van der Waals surface area (Å²) in [5, 5.41) is 10.2. The van der Waals surface area contributed by atoms with E-state index >= 15 is 0 Å². The lowest BCUT2D eigenvalue weighted by Crippen LogP contribution is -2.40. The molecule has 1 N–H and O–H groups in total. The Kier molecular flexibility index (Phi) is 6.13. The van der Waals surface area contributed by atoms with E-state index in [0.717, 1.165) is 45.3 Å². The van der Waals surface area contributed by atoms with Gasteiger partial charge >= 0.3 is 0 Å². The second-order valence-corrected chi connectivity index (χ2v) is 7.79. The molecular weight excluding hydrogens is 494 g/mol. The van der Waals surface area contributed by atoms with Crippen molar-refractivity contribution in [3.63, 3.8) is 0 Å². The molecule has 1 saturated heterocycles. The van der Waals surface area contributed by atoms with Gasteiger partial charge in [-0.3, -0.25) is 9.69 Å². The third-order valence-corrected chi connectivity index (χ3v) is 5.38. The van der Waals surface area contributed by atoms with Crippen LogP contribution >= 0.6 is 45.2 Å². The smallest absolute Gasteiger partial charge is 0.219 e. The highest BCUT2D eigenvalue weighted by Crippen LogP contribution is 2.29. The number of hydrogen-bond acceptors (Lipinski definition) is 3. The fraction of sp³-hybridized carbons (Fsp3) is 0.533. The quantitative estimate of drug-likeness (QED) is 0.629. The summed E-state index contributed by atoms with van der Waals surface area (Å²) in [6.45, 7) is 7.02. The summed E-state index contributed by atoms with van der Waals surface area (Å²) < 4.78 is 2.03. The first-order valence-corrected chi connectivity index (χ1v) is 9.24. The van der Waals surface area contributed by atoms with Crippen LogP contribution in [0.15, 0.2) is 12.1 Å². The Balaban J connectivity index is 2.05. The van der Waals surface area contributed by atoms with E-state index in [0.29, 0.717) is 11.8 Å². The number of hydrogen-bond donors (Lipinski definition) is 1. The molecule has 1 heterocycles. The van der Waals surface area contributed by atoms with Crippen LogP contribution in [-0.4, -0.2) is 46.5 Å². The highest BCUT2D eigenvalue weighted by molar-refractivity contribution is 14.1. The maximum atomic E-state index is 11.6. The topological polar surface area (TPSA) is 43.8 Å². The monoisotopic (exact) mass is 514 g/mol. The van der Waals surface area contributed by atoms with Gasteiger partial charge in [-0.1, -0.05) is 0 Å². The molecule has 1 fully saturated rings. The van der Waals surface area contributed by atoms with Gasteiger partial charge in [-0.15, -0.1) is 0 Å². The summed E-state index contributed by atoms with van der Waals surface area (Å²) in [4.78, 5) is 15.9. The zero-order valence-corrected chi connectivity index (χ0v) is 16.6. The van der Waals surface area contributed by atoms with Crippen molar-refractivity contribution in [2.75, 3.05) is 19.6 Å². The van der Waals surface area contributed by atoms with Gasteiger partial charge in [0, 0.05) is 48.3 Å². The molecule has 0 bridgehead atoms. The van der Waals surface area contributed by atoms with Crippen LogP contribution in [0.3, 0.4) is 0 Å². The predicted octanol–water partition coefficient (Wildman–Crippen LogP) is 3.04. The third-order valence-electron chi connectivity index (χ3n) is 3.93.